The van der Waals surface area contributed by atoms with Crippen LogP contribution in [0.3, 0.4) is 0 Å². The molecule has 86 valence electrons. The summed E-state index contributed by atoms with van der Waals surface area (Å²) in [5, 5.41) is 3.15. The lowest BCUT2D eigenvalue weighted by atomic mass is 10.2. The summed E-state index contributed by atoms with van der Waals surface area (Å²) in [5.74, 6) is 0.232. The van der Waals surface area contributed by atoms with Crippen LogP contribution >= 0.6 is 11.3 Å². The van der Waals surface area contributed by atoms with Gasteiger partial charge in [-0.2, -0.15) is 0 Å². The number of aryl methyl sites for hydroxylation is 1. The van der Waals surface area contributed by atoms with Gasteiger partial charge in [0.1, 0.15) is 9.84 Å². The van der Waals surface area contributed by atoms with E-state index in [9.17, 15) is 8.42 Å². The Morgan fingerprint density at radius 3 is 2.53 bits per heavy atom. The Balaban J connectivity index is 2.65. The summed E-state index contributed by atoms with van der Waals surface area (Å²) in [5.41, 5.74) is 0. The SMILES string of the molecule is CNC(CCS(C)(=O)=O)c1ccc(C)s1. The van der Waals surface area contributed by atoms with Crippen molar-refractivity contribution >= 4 is 21.2 Å². The minimum atomic E-state index is -2.87. The van der Waals surface area contributed by atoms with Crippen LogP contribution in [0.1, 0.15) is 22.2 Å². The molecule has 0 amide bonds. The van der Waals surface area contributed by atoms with Crippen molar-refractivity contribution in [2.45, 2.75) is 19.4 Å². The van der Waals surface area contributed by atoms with Gasteiger partial charge < -0.3 is 5.32 Å². The van der Waals surface area contributed by atoms with Gasteiger partial charge in [-0.25, -0.2) is 8.42 Å². The van der Waals surface area contributed by atoms with Crippen molar-refractivity contribution in [3.05, 3.63) is 21.9 Å². The molecule has 5 heteroatoms. The second-order valence-electron chi connectivity index (χ2n) is 3.71. The fraction of sp³-hybridized carbons (Fsp3) is 0.600. The van der Waals surface area contributed by atoms with Crippen LogP contribution in [0.25, 0.3) is 0 Å². The molecule has 0 radical (unpaired) electrons. The molecule has 0 fully saturated rings. The first-order valence-corrected chi connectivity index (χ1v) is 7.71. The summed E-state index contributed by atoms with van der Waals surface area (Å²) in [6.07, 6.45) is 1.91. The van der Waals surface area contributed by atoms with Crippen molar-refractivity contribution in [1.29, 1.82) is 0 Å². The zero-order chi connectivity index (χ0) is 11.5. The van der Waals surface area contributed by atoms with Gasteiger partial charge in [-0.1, -0.05) is 0 Å². The second kappa shape index (κ2) is 5.09. The summed E-state index contributed by atoms with van der Waals surface area (Å²) in [4.78, 5) is 2.46. The van der Waals surface area contributed by atoms with E-state index >= 15 is 0 Å². The van der Waals surface area contributed by atoms with Crippen molar-refractivity contribution < 1.29 is 8.42 Å². The van der Waals surface area contributed by atoms with Crippen LogP contribution in [0.2, 0.25) is 0 Å². The van der Waals surface area contributed by atoms with Crippen LogP contribution in [0.5, 0.6) is 0 Å². The highest BCUT2D eigenvalue weighted by Gasteiger charge is 2.13. The Morgan fingerprint density at radius 2 is 2.13 bits per heavy atom. The molecular weight excluding hydrogens is 230 g/mol. The highest BCUT2D eigenvalue weighted by molar-refractivity contribution is 7.90. The van der Waals surface area contributed by atoms with E-state index in [4.69, 9.17) is 0 Å². The van der Waals surface area contributed by atoms with E-state index < -0.39 is 9.84 Å². The Hall–Kier alpha value is -0.390. The molecule has 3 nitrogen and oxygen atoms in total. The van der Waals surface area contributed by atoms with E-state index in [1.165, 1.54) is 16.0 Å². The largest absolute Gasteiger partial charge is 0.312 e. The Bertz CT molecular complexity index is 409. The highest BCUT2D eigenvalue weighted by atomic mass is 32.2. The maximum atomic E-state index is 11.1. The van der Waals surface area contributed by atoms with Crippen LogP contribution in [0.15, 0.2) is 12.1 Å². The van der Waals surface area contributed by atoms with E-state index in [0.717, 1.165) is 0 Å². The van der Waals surface area contributed by atoms with Gasteiger partial charge in [-0.05, 0) is 32.5 Å². The Labute approximate surface area is 95.4 Å². The Kier molecular flexibility index (Phi) is 4.31. The second-order valence-corrected chi connectivity index (χ2v) is 7.29. The van der Waals surface area contributed by atoms with Gasteiger partial charge in [0, 0.05) is 22.1 Å². The molecule has 0 spiro atoms. The number of thiophene rings is 1. The molecule has 0 aromatic carbocycles. The average Bonchev–Trinajstić information content (AvgIpc) is 2.51. The molecule has 1 atom stereocenters. The summed E-state index contributed by atoms with van der Waals surface area (Å²) in [6.45, 7) is 2.05. The molecule has 1 aromatic rings. The van der Waals surface area contributed by atoms with E-state index in [2.05, 4.69) is 24.4 Å². The summed E-state index contributed by atoms with van der Waals surface area (Å²) < 4.78 is 22.1. The van der Waals surface area contributed by atoms with E-state index in [1.54, 1.807) is 11.3 Å². The van der Waals surface area contributed by atoms with Crippen molar-refractivity contribution in [2.75, 3.05) is 19.1 Å². The molecule has 1 N–H and O–H groups in total. The fourth-order valence-corrected chi connectivity index (χ4v) is 3.09. The predicted molar refractivity (Wildman–Crippen MR) is 65.2 cm³/mol. The molecule has 0 aliphatic carbocycles. The topological polar surface area (TPSA) is 46.2 Å². The summed E-state index contributed by atoms with van der Waals surface area (Å²) in [7, 11) is -1.00. The minimum absolute atomic E-state index is 0.151. The first-order chi connectivity index (χ1) is 6.92. The highest BCUT2D eigenvalue weighted by Crippen LogP contribution is 2.25. The van der Waals surface area contributed by atoms with Crippen LogP contribution in [-0.4, -0.2) is 27.5 Å². The third-order valence-corrected chi connectivity index (χ3v) is 4.32. The molecular formula is C10H17NO2S2. The summed E-state index contributed by atoms with van der Waals surface area (Å²) >= 11 is 1.71. The number of hydrogen-bond donors (Lipinski definition) is 1. The summed E-state index contributed by atoms with van der Waals surface area (Å²) in [6, 6.07) is 4.27. The van der Waals surface area contributed by atoms with Crippen molar-refractivity contribution in [1.82, 2.24) is 5.32 Å². The van der Waals surface area contributed by atoms with Crippen LogP contribution in [0.4, 0.5) is 0 Å². The minimum Gasteiger partial charge on any atom is -0.312 e. The molecule has 15 heavy (non-hydrogen) atoms. The zero-order valence-electron chi connectivity index (χ0n) is 9.28. The van der Waals surface area contributed by atoms with E-state index in [0.29, 0.717) is 6.42 Å². The van der Waals surface area contributed by atoms with E-state index in [1.807, 2.05) is 7.05 Å². The lowest BCUT2D eigenvalue weighted by Crippen LogP contribution is -2.18. The standard InChI is InChI=1S/C10H17NO2S2/c1-8-4-5-10(14-8)9(11-2)6-7-15(3,12)13/h4-5,9,11H,6-7H2,1-3H3. The number of nitrogens with one attached hydrogen (secondary N) is 1. The molecule has 1 rings (SSSR count). The quantitative estimate of drug-likeness (QED) is 0.862. The third kappa shape index (κ3) is 4.32. The lowest BCUT2D eigenvalue weighted by molar-refractivity contribution is 0.565. The third-order valence-electron chi connectivity index (χ3n) is 2.23. The monoisotopic (exact) mass is 247 g/mol. The maximum absolute atomic E-state index is 11.1. The van der Waals surface area contributed by atoms with Gasteiger partial charge in [0.2, 0.25) is 0 Å². The molecule has 0 aliphatic heterocycles. The van der Waals surface area contributed by atoms with Gasteiger partial charge in [0.15, 0.2) is 0 Å². The molecule has 0 aliphatic rings. The number of rotatable bonds is 5. The van der Waals surface area contributed by atoms with Gasteiger partial charge in [-0.15, -0.1) is 11.3 Å². The van der Waals surface area contributed by atoms with Gasteiger partial charge in [-0.3, -0.25) is 0 Å². The smallest absolute Gasteiger partial charge is 0.147 e. The predicted octanol–water partition coefficient (Wildman–Crippen LogP) is 1.75. The Morgan fingerprint density at radius 1 is 1.47 bits per heavy atom. The van der Waals surface area contributed by atoms with Crippen LogP contribution in [0, 0.1) is 6.92 Å². The average molecular weight is 247 g/mol. The van der Waals surface area contributed by atoms with Crippen molar-refractivity contribution in [2.24, 2.45) is 0 Å². The van der Waals surface area contributed by atoms with Crippen molar-refractivity contribution in [3.63, 3.8) is 0 Å². The molecule has 1 unspecified atom stereocenters. The van der Waals surface area contributed by atoms with Gasteiger partial charge >= 0.3 is 0 Å². The molecule has 1 heterocycles. The maximum Gasteiger partial charge on any atom is 0.147 e. The molecule has 1 aromatic heterocycles. The van der Waals surface area contributed by atoms with E-state index in [-0.39, 0.29) is 11.8 Å². The lowest BCUT2D eigenvalue weighted by Gasteiger charge is -2.13. The molecule has 0 bridgehead atoms. The van der Waals surface area contributed by atoms with Gasteiger partial charge in [0.25, 0.3) is 0 Å². The fourth-order valence-electron chi connectivity index (χ4n) is 1.40. The van der Waals surface area contributed by atoms with Crippen LogP contribution in [-0.2, 0) is 9.84 Å². The first kappa shape index (κ1) is 12.7. The van der Waals surface area contributed by atoms with Crippen LogP contribution < -0.4 is 5.32 Å². The number of sulfone groups is 1. The first-order valence-electron chi connectivity index (χ1n) is 4.83. The zero-order valence-corrected chi connectivity index (χ0v) is 10.9. The normalized spacial score (nSPS) is 14.1. The number of hydrogen-bond acceptors (Lipinski definition) is 4. The van der Waals surface area contributed by atoms with Gasteiger partial charge in [0.05, 0.1) is 5.75 Å². The molecule has 0 saturated carbocycles. The molecule has 0 saturated heterocycles. The van der Waals surface area contributed by atoms with Crippen molar-refractivity contribution in [3.8, 4) is 0 Å².